The number of nitrogens with one attached hydrogen (secondary N) is 1. The van der Waals surface area contributed by atoms with Crippen molar-refractivity contribution in [2.75, 3.05) is 23.4 Å². The normalized spacial score (nSPS) is 15.7. The lowest BCUT2D eigenvalue weighted by atomic mass is 10.2. The summed E-state index contributed by atoms with van der Waals surface area (Å²) in [4.78, 5) is 31.6. The van der Waals surface area contributed by atoms with Gasteiger partial charge in [-0.2, -0.15) is 0 Å². The molecule has 1 N–H and O–H groups in total. The van der Waals surface area contributed by atoms with E-state index in [1.807, 2.05) is 24.3 Å². The summed E-state index contributed by atoms with van der Waals surface area (Å²) in [6.07, 6.45) is 3.44. The first-order chi connectivity index (χ1) is 11.7. The van der Waals surface area contributed by atoms with E-state index in [9.17, 15) is 9.59 Å². The molecule has 0 bridgehead atoms. The molecule has 0 spiro atoms. The van der Waals surface area contributed by atoms with Crippen molar-refractivity contribution >= 4 is 34.0 Å². The van der Waals surface area contributed by atoms with Crippen molar-refractivity contribution in [3.05, 3.63) is 34.8 Å². The number of para-hydroxylation sites is 2. The number of hydrogen-bond donors (Lipinski definition) is 1. The summed E-state index contributed by atoms with van der Waals surface area (Å²) in [5, 5.41) is 3.51. The van der Waals surface area contributed by atoms with Gasteiger partial charge in [0.05, 0.1) is 11.4 Å². The molecule has 1 aromatic heterocycles. The van der Waals surface area contributed by atoms with Crippen LogP contribution < -0.4 is 15.0 Å². The van der Waals surface area contributed by atoms with Crippen LogP contribution in [0.5, 0.6) is 5.75 Å². The highest BCUT2D eigenvalue weighted by atomic mass is 32.1. The van der Waals surface area contributed by atoms with E-state index in [2.05, 4.69) is 10.3 Å². The fourth-order valence-electron chi connectivity index (χ4n) is 3.04. The van der Waals surface area contributed by atoms with Crippen LogP contribution in [0.3, 0.4) is 0 Å². The van der Waals surface area contributed by atoms with Crippen molar-refractivity contribution in [3.8, 4) is 5.75 Å². The van der Waals surface area contributed by atoms with E-state index in [0.717, 1.165) is 30.6 Å². The molecule has 2 heterocycles. The molecule has 0 unspecified atom stereocenters. The van der Waals surface area contributed by atoms with Crippen molar-refractivity contribution in [2.24, 2.45) is 0 Å². The number of benzene rings is 1. The fourth-order valence-corrected chi connectivity index (χ4v) is 4.10. The van der Waals surface area contributed by atoms with Gasteiger partial charge in [-0.3, -0.25) is 9.59 Å². The Morgan fingerprint density at radius 1 is 1.33 bits per heavy atom. The van der Waals surface area contributed by atoms with Crippen LogP contribution in [-0.4, -0.2) is 29.9 Å². The van der Waals surface area contributed by atoms with Gasteiger partial charge in [0, 0.05) is 17.8 Å². The molecule has 1 aliphatic heterocycles. The van der Waals surface area contributed by atoms with Crippen LogP contribution in [0.15, 0.2) is 24.3 Å². The SMILES string of the molecule is O=C(CCN1C(=O)COc2ccccc21)Nc1nc2c(s1)CCC2. The van der Waals surface area contributed by atoms with E-state index in [1.165, 1.54) is 4.88 Å². The number of hydrogen-bond acceptors (Lipinski definition) is 5. The number of carbonyl (C=O) groups is 2. The predicted octanol–water partition coefficient (Wildman–Crippen LogP) is 2.39. The van der Waals surface area contributed by atoms with Crippen molar-refractivity contribution in [1.29, 1.82) is 0 Å². The Labute approximate surface area is 143 Å². The summed E-state index contributed by atoms with van der Waals surface area (Å²) in [7, 11) is 0. The summed E-state index contributed by atoms with van der Waals surface area (Å²) in [5.41, 5.74) is 1.84. The molecule has 124 valence electrons. The number of fused-ring (bicyclic) bond motifs is 2. The molecule has 1 aromatic carbocycles. The van der Waals surface area contributed by atoms with E-state index in [-0.39, 0.29) is 24.8 Å². The van der Waals surface area contributed by atoms with E-state index in [4.69, 9.17) is 4.74 Å². The molecule has 0 saturated carbocycles. The van der Waals surface area contributed by atoms with Crippen LogP contribution in [-0.2, 0) is 22.4 Å². The molecule has 1 aliphatic carbocycles. The van der Waals surface area contributed by atoms with Crippen molar-refractivity contribution in [3.63, 3.8) is 0 Å². The smallest absolute Gasteiger partial charge is 0.265 e. The zero-order chi connectivity index (χ0) is 16.5. The minimum Gasteiger partial charge on any atom is -0.482 e. The largest absolute Gasteiger partial charge is 0.482 e. The minimum absolute atomic E-state index is 0.0117. The molecule has 4 rings (SSSR count). The summed E-state index contributed by atoms with van der Waals surface area (Å²) in [6, 6.07) is 7.37. The number of aromatic nitrogens is 1. The van der Waals surface area contributed by atoms with Crippen molar-refractivity contribution in [1.82, 2.24) is 4.98 Å². The van der Waals surface area contributed by atoms with Gasteiger partial charge in [0.2, 0.25) is 5.91 Å². The first kappa shape index (κ1) is 15.1. The predicted molar refractivity (Wildman–Crippen MR) is 91.7 cm³/mol. The van der Waals surface area contributed by atoms with Gasteiger partial charge >= 0.3 is 0 Å². The molecule has 7 heteroatoms. The van der Waals surface area contributed by atoms with E-state index in [1.54, 1.807) is 16.2 Å². The zero-order valence-corrected chi connectivity index (χ0v) is 13.9. The Morgan fingerprint density at radius 3 is 3.08 bits per heavy atom. The second kappa shape index (κ2) is 6.24. The van der Waals surface area contributed by atoms with Crippen LogP contribution >= 0.6 is 11.3 Å². The third kappa shape index (κ3) is 2.87. The molecule has 2 aromatic rings. The second-order valence-corrected chi connectivity index (χ2v) is 6.93. The first-order valence-electron chi connectivity index (χ1n) is 8.01. The number of rotatable bonds is 4. The maximum absolute atomic E-state index is 12.2. The first-order valence-corrected chi connectivity index (χ1v) is 8.83. The Hall–Kier alpha value is -2.41. The molecular formula is C17H17N3O3S. The average Bonchev–Trinajstić information content (AvgIpc) is 3.15. The summed E-state index contributed by atoms with van der Waals surface area (Å²) < 4.78 is 5.40. The monoisotopic (exact) mass is 343 g/mol. The van der Waals surface area contributed by atoms with Gasteiger partial charge in [-0.05, 0) is 31.4 Å². The van der Waals surface area contributed by atoms with Gasteiger partial charge in [-0.1, -0.05) is 12.1 Å². The average molecular weight is 343 g/mol. The molecule has 0 saturated heterocycles. The van der Waals surface area contributed by atoms with Gasteiger partial charge in [-0.25, -0.2) is 4.98 Å². The quantitative estimate of drug-likeness (QED) is 0.925. The Kier molecular flexibility index (Phi) is 3.93. The van der Waals surface area contributed by atoms with Crippen molar-refractivity contribution < 1.29 is 14.3 Å². The number of anilines is 2. The number of nitrogens with zero attached hydrogens (tertiary/aromatic N) is 2. The maximum Gasteiger partial charge on any atom is 0.265 e. The molecule has 2 aliphatic rings. The molecular weight excluding hydrogens is 326 g/mol. The topological polar surface area (TPSA) is 71.5 Å². The van der Waals surface area contributed by atoms with Crippen LogP contribution in [0.25, 0.3) is 0 Å². The lowest BCUT2D eigenvalue weighted by Gasteiger charge is -2.29. The number of aryl methyl sites for hydroxylation is 2. The third-order valence-electron chi connectivity index (χ3n) is 4.21. The minimum atomic E-state index is -0.130. The maximum atomic E-state index is 12.2. The number of amides is 2. The number of ether oxygens (including phenoxy) is 1. The highest BCUT2D eigenvalue weighted by molar-refractivity contribution is 7.15. The van der Waals surface area contributed by atoms with Gasteiger partial charge in [0.1, 0.15) is 5.75 Å². The van der Waals surface area contributed by atoms with Crippen LogP contribution in [0, 0.1) is 0 Å². The van der Waals surface area contributed by atoms with Crippen LogP contribution in [0.2, 0.25) is 0 Å². The summed E-state index contributed by atoms with van der Waals surface area (Å²) >= 11 is 1.56. The van der Waals surface area contributed by atoms with Gasteiger partial charge in [0.25, 0.3) is 5.91 Å². The lowest BCUT2D eigenvalue weighted by molar-refractivity contribution is -0.121. The molecule has 0 atom stereocenters. The lowest BCUT2D eigenvalue weighted by Crippen LogP contribution is -2.40. The summed E-state index contributed by atoms with van der Waals surface area (Å²) in [5.74, 6) is 0.419. The van der Waals surface area contributed by atoms with Crippen LogP contribution in [0.1, 0.15) is 23.4 Å². The van der Waals surface area contributed by atoms with E-state index in [0.29, 0.717) is 17.4 Å². The third-order valence-corrected chi connectivity index (χ3v) is 5.29. The number of thiazole rings is 1. The Balaban J connectivity index is 1.39. The molecule has 0 radical (unpaired) electrons. The van der Waals surface area contributed by atoms with Crippen molar-refractivity contribution in [2.45, 2.75) is 25.7 Å². The highest BCUT2D eigenvalue weighted by Crippen LogP contribution is 2.32. The van der Waals surface area contributed by atoms with E-state index >= 15 is 0 Å². The molecule has 0 fully saturated rings. The fraction of sp³-hybridized carbons (Fsp3) is 0.353. The Bertz CT molecular complexity index is 781. The van der Waals surface area contributed by atoms with Gasteiger partial charge in [0.15, 0.2) is 11.7 Å². The number of carbonyl (C=O) groups excluding carboxylic acids is 2. The van der Waals surface area contributed by atoms with Gasteiger partial charge in [-0.15, -0.1) is 11.3 Å². The Morgan fingerprint density at radius 2 is 2.21 bits per heavy atom. The second-order valence-electron chi connectivity index (χ2n) is 5.84. The highest BCUT2D eigenvalue weighted by Gasteiger charge is 2.25. The molecule has 6 nitrogen and oxygen atoms in total. The summed E-state index contributed by atoms with van der Waals surface area (Å²) in [6.45, 7) is 0.341. The van der Waals surface area contributed by atoms with E-state index < -0.39 is 0 Å². The van der Waals surface area contributed by atoms with Crippen LogP contribution in [0.4, 0.5) is 10.8 Å². The standard InChI is InChI=1S/C17H17N3O3S/c21-15(19-17-18-11-4-3-7-14(11)24-17)8-9-20-12-5-1-2-6-13(12)23-10-16(20)22/h1-2,5-6H,3-4,7-10H2,(H,18,19,21). The molecule has 24 heavy (non-hydrogen) atoms. The van der Waals surface area contributed by atoms with Gasteiger partial charge < -0.3 is 15.0 Å². The zero-order valence-electron chi connectivity index (χ0n) is 13.1. The molecule has 2 amide bonds.